The van der Waals surface area contributed by atoms with Crippen LogP contribution in [-0.4, -0.2) is 35.3 Å². The van der Waals surface area contributed by atoms with Gasteiger partial charge in [-0.2, -0.15) is 0 Å². The molecule has 3 aromatic rings. The van der Waals surface area contributed by atoms with E-state index in [9.17, 15) is 14.4 Å². The fourth-order valence-corrected chi connectivity index (χ4v) is 4.34. The van der Waals surface area contributed by atoms with Crippen LogP contribution >= 0.6 is 11.8 Å². The van der Waals surface area contributed by atoms with Crippen molar-refractivity contribution in [2.24, 2.45) is 4.99 Å². The molecular formula is C27H23N3O4S. The third-order valence-corrected chi connectivity index (χ3v) is 6.24. The summed E-state index contributed by atoms with van der Waals surface area (Å²) in [5, 5.41) is 2.56. The largest absolute Gasteiger partial charge is 0.465 e. The van der Waals surface area contributed by atoms with Crippen molar-refractivity contribution >= 4 is 52.2 Å². The molecule has 176 valence electrons. The molecule has 8 heteroatoms. The van der Waals surface area contributed by atoms with Gasteiger partial charge in [0, 0.05) is 0 Å². The molecule has 1 heterocycles. The van der Waals surface area contributed by atoms with Crippen molar-refractivity contribution in [3.05, 3.63) is 102 Å². The number of anilines is 2. The molecule has 2 amide bonds. The summed E-state index contributed by atoms with van der Waals surface area (Å²) < 4.78 is 4.80. The Morgan fingerprint density at radius 3 is 2.29 bits per heavy atom. The van der Waals surface area contributed by atoms with Crippen LogP contribution in [0, 0.1) is 0 Å². The standard InChI is InChI=1S/C27H23N3O4S/c1-18(24(31)28-22-16-10-9-15-21(22)26(33)34-2)35-27-29-23(17-19-11-5-3-6-12-19)25(32)30(27)20-13-7-4-8-14-20/h3-18H,1-2H3,(H,28,31)/b23-17+. The Kier molecular flexibility index (Phi) is 7.42. The van der Waals surface area contributed by atoms with Crippen molar-refractivity contribution in [2.75, 3.05) is 17.3 Å². The Balaban J connectivity index is 1.59. The predicted octanol–water partition coefficient (Wildman–Crippen LogP) is 4.98. The number of nitrogens with one attached hydrogen (secondary N) is 1. The molecule has 0 aliphatic carbocycles. The highest BCUT2D eigenvalue weighted by molar-refractivity contribution is 8.15. The second-order valence-electron chi connectivity index (χ2n) is 7.60. The van der Waals surface area contributed by atoms with E-state index in [2.05, 4.69) is 10.3 Å². The number of methoxy groups -OCH3 is 1. The number of esters is 1. The maximum atomic E-state index is 13.3. The van der Waals surface area contributed by atoms with Crippen LogP contribution in [0.25, 0.3) is 6.08 Å². The molecule has 0 radical (unpaired) electrons. The Morgan fingerprint density at radius 2 is 1.60 bits per heavy atom. The van der Waals surface area contributed by atoms with Crippen molar-refractivity contribution in [2.45, 2.75) is 12.2 Å². The zero-order chi connectivity index (χ0) is 24.8. The van der Waals surface area contributed by atoms with Crippen LogP contribution in [-0.2, 0) is 14.3 Å². The molecule has 35 heavy (non-hydrogen) atoms. The van der Waals surface area contributed by atoms with Crippen molar-refractivity contribution in [3.63, 3.8) is 0 Å². The first-order chi connectivity index (χ1) is 17.0. The van der Waals surface area contributed by atoms with Crippen LogP contribution in [0.3, 0.4) is 0 Å². The first kappa shape index (κ1) is 24.0. The minimum absolute atomic E-state index is 0.257. The lowest BCUT2D eigenvalue weighted by Gasteiger charge is -2.20. The second kappa shape index (κ2) is 10.8. The molecular weight excluding hydrogens is 462 g/mol. The number of carbonyl (C=O) groups is 3. The number of nitrogens with zero attached hydrogens (tertiary/aromatic N) is 2. The predicted molar refractivity (Wildman–Crippen MR) is 139 cm³/mol. The number of aliphatic imine (C=N–C) groups is 1. The molecule has 1 N–H and O–H groups in total. The van der Waals surface area contributed by atoms with Gasteiger partial charge in [0.05, 0.1) is 29.3 Å². The van der Waals surface area contributed by atoms with E-state index in [0.717, 1.165) is 17.3 Å². The van der Waals surface area contributed by atoms with Gasteiger partial charge in [0.15, 0.2) is 5.17 Å². The van der Waals surface area contributed by atoms with Gasteiger partial charge in [-0.05, 0) is 42.8 Å². The molecule has 0 saturated carbocycles. The van der Waals surface area contributed by atoms with Gasteiger partial charge >= 0.3 is 5.97 Å². The molecule has 4 rings (SSSR count). The fourth-order valence-electron chi connectivity index (χ4n) is 3.41. The molecule has 0 aromatic heterocycles. The Morgan fingerprint density at radius 1 is 0.971 bits per heavy atom. The van der Waals surface area contributed by atoms with Gasteiger partial charge in [-0.1, -0.05) is 72.4 Å². The molecule has 1 aliphatic rings. The molecule has 7 nitrogen and oxygen atoms in total. The number of ether oxygens (including phenoxy) is 1. The quantitative estimate of drug-likeness (QED) is 0.393. The summed E-state index contributed by atoms with van der Waals surface area (Å²) >= 11 is 1.16. The van der Waals surface area contributed by atoms with Crippen LogP contribution in [0.5, 0.6) is 0 Å². The first-order valence-corrected chi connectivity index (χ1v) is 11.8. The third-order valence-electron chi connectivity index (χ3n) is 5.19. The average Bonchev–Trinajstić information content (AvgIpc) is 3.19. The highest BCUT2D eigenvalue weighted by Crippen LogP contribution is 2.31. The van der Waals surface area contributed by atoms with Gasteiger partial charge in [0.1, 0.15) is 5.70 Å². The number of thioether (sulfide) groups is 1. The van der Waals surface area contributed by atoms with Crippen molar-refractivity contribution in [3.8, 4) is 0 Å². The van der Waals surface area contributed by atoms with Crippen LogP contribution in [0.15, 0.2) is 95.6 Å². The van der Waals surface area contributed by atoms with E-state index < -0.39 is 11.2 Å². The van der Waals surface area contributed by atoms with Crippen LogP contribution in [0.4, 0.5) is 11.4 Å². The topological polar surface area (TPSA) is 88.1 Å². The Labute approximate surface area is 207 Å². The monoisotopic (exact) mass is 485 g/mol. The number of hydrogen-bond acceptors (Lipinski definition) is 6. The molecule has 0 saturated heterocycles. The zero-order valence-corrected chi connectivity index (χ0v) is 20.0. The Bertz CT molecular complexity index is 1310. The summed E-state index contributed by atoms with van der Waals surface area (Å²) in [6.07, 6.45) is 1.73. The summed E-state index contributed by atoms with van der Waals surface area (Å²) in [6.45, 7) is 1.72. The summed E-state index contributed by atoms with van der Waals surface area (Å²) in [7, 11) is 1.29. The fraction of sp³-hybridized carbons (Fsp3) is 0.111. The van der Waals surface area contributed by atoms with E-state index in [1.165, 1.54) is 12.0 Å². The van der Waals surface area contributed by atoms with Gasteiger partial charge in [0.2, 0.25) is 5.91 Å². The first-order valence-electron chi connectivity index (χ1n) is 10.9. The summed E-state index contributed by atoms with van der Waals surface area (Å²) in [4.78, 5) is 44.4. The second-order valence-corrected chi connectivity index (χ2v) is 8.91. The van der Waals surface area contributed by atoms with Crippen LogP contribution < -0.4 is 10.2 Å². The number of amidine groups is 1. The lowest BCUT2D eigenvalue weighted by molar-refractivity contribution is -0.115. The number of benzene rings is 3. The molecule has 1 atom stereocenters. The molecule has 1 aliphatic heterocycles. The third kappa shape index (κ3) is 5.50. The number of carbonyl (C=O) groups excluding carboxylic acids is 3. The number of hydrogen-bond donors (Lipinski definition) is 1. The van der Waals surface area contributed by atoms with Crippen molar-refractivity contribution in [1.29, 1.82) is 0 Å². The lowest BCUT2D eigenvalue weighted by Crippen LogP contribution is -2.33. The number of para-hydroxylation sites is 2. The summed E-state index contributed by atoms with van der Waals surface area (Å²) in [6, 6.07) is 25.3. The van der Waals surface area contributed by atoms with Crippen molar-refractivity contribution < 1.29 is 19.1 Å². The normalized spacial score (nSPS) is 15.0. The Hall–Kier alpha value is -4.17. The van der Waals surface area contributed by atoms with Gasteiger partial charge in [0.25, 0.3) is 5.91 Å². The zero-order valence-electron chi connectivity index (χ0n) is 19.2. The van der Waals surface area contributed by atoms with Crippen LogP contribution in [0.2, 0.25) is 0 Å². The van der Waals surface area contributed by atoms with Gasteiger partial charge in [-0.3, -0.25) is 14.5 Å². The van der Waals surface area contributed by atoms with E-state index in [1.807, 2.05) is 60.7 Å². The average molecular weight is 486 g/mol. The molecule has 0 spiro atoms. The smallest absolute Gasteiger partial charge is 0.339 e. The maximum Gasteiger partial charge on any atom is 0.339 e. The van der Waals surface area contributed by atoms with Crippen molar-refractivity contribution in [1.82, 2.24) is 0 Å². The van der Waals surface area contributed by atoms with E-state index in [4.69, 9.17) is 4.74 Å². The molecule has 0 fully saturated rings. The molecule has 1 unspecified atom stereocenters. The molecule has 0 bridgehead atoms. The highest BCUT2D eigenvalue weighted by atomic mass is 32.2. The minimum atomic E-state index is -0.616. The van der Waals surface area contributed by atoms with E-state index in [-0.39, 0.29) is 23.1 Å². The van der Waals surface area contributed by atoms with Gasteiger partial charge < -0.3 is 10.1 Å². The summed E-state index contributed by atoms with van der Waals surface area (Å²) in [5.74, 6) is -1.15. The van der Waals surface area contributed by atoms with Gasteiger partial charge in [-0.15, -0.1) is 0 Å². The molecule has 3 aromatic carbocycles. The lowest BCUT2D eigenvalue weighted by atomic mass is 10.2. The summed E-state index contributed by atoms with van der Waals surface area (Å²) in [5.41, 5.74) is 2.40. The maximum absolute atomic E-state index is 13.3. The van der Waals surface area contributed by atoms with E-state index in [1.54, 1.807) is 37.3 Å². The minimum Gasteiger partial charge on any atom is -0.465 e. The van der Waals surface area contributed by atoms with E-state index >= 15 is 0 Å². The van der Waals surface area contributed by atoms with Crippen LogP contribution in [0.1, 0.15) is 22.8 Å². The SMILES string of the molecule is COC(=O)c1ccccc1NC(=O)C(C)SC1=N/C(=C/c2ccccc2)C(=O)N1c1ccccc1. The highest BCUT2D eigenvalue weighted by Gasteiger charge is 2.34. The van der Waals surface area contributed by atoms with Gasteiger partial charge in [-0.25, -0.2) is 9.79 Å². The van der Waals surface area contributed by atoms with E-state index in [0.29, 0.717) is 16.5 Å². The number of amides is 2. The number of rotatable bonds is 6.